The van der Waals surface area contributed by atoms with Crippen molar-refractivity contribution in [1.82, 2.24) is 15.4 Å². The summed E-state index contributed by atoms with van der Waals surface area (Å²) in [7, 11) is -3.11. The van der Waals surface area contributed by atoms with Crippen LogP contribution in [0.5, 0.6) is 0 Å². The Morgan fingerprint density at radius 2 is 1.92 bits per heavy atom. The quantitative estimate of drug-likeness (QED) is 0.317. The van der Waals surface area contributed by atoms with Crippen molar-refractivity contribution in [1.29, 1.82) is 0 Å². The predicted octanol–water partition coefficient (Wildman–Crippen LogP) is 1.71. The lowest BCUT2D eigenvalue weighted by Gasteiger charge is -2.39. The lowest BCUT2D eigenvalue weighted by Crippen LogP contribution is -2.43. The summed E-state index contributed by atoms with van der Waals surface area (Å²) in [6, 6.07) is 0. The van der Waals surface area contributed by atoms with E-state index in [1.165, 1.54) is 0 Å². The van der Waals surface area contributed by atoms with Crippen LogP contribution in [-0.4, -0.2) is 59.0 Å². The maximum Gasteiger partial charge on any atom is 0.211 e. The van der Waals surface area contributed by atoms with Crippen LogP contribution in [-0.2, 0) is 14.8 Å². The summed E-state index contributed by atoms with van der Waals surface area (Å²) in [4.78, 5) is 4.74. The van der Waals surface area contributed by atoms with Gasteiger partial charge in [0.15, 0.2) is 5.96 Å². The molecule has 0 saturated carbocycles. The number of nitrogens with one attached hydrogen (secondary N) is 3. The van der Waals surface area contributed by atoms with Gasteiger partial charge in [-0.3, -0.25) is 4.99 Å². The van der Waals surface area contributed by atoms with E-state index in [1.807, 2.05) is 6.92 Å². The van der Waals surface area contributed by atoms with Crippen LogP contribution < -0.4 is 15.4 Å². The predicted molar refractivity (Wildman–Crippen MR) is 108 cm³/mol. The first-order valence-corrected chi connectivity index (χ1v) is 11.5. The van der Waals surface area contributed by atoms with Gasteiger partial charge in [-0.1, -0.05) is 20.8 Å². The van der Waals surface area contributed by atoms with Crippen molar-refractivity contribution in [3.05, 3.63) is 0 Å². The van der Waals surface area contributed by atoms with Crippen LogP contribution in [0.1, 0.15) is 53.9 Å². The summed E-state index contributed by atoms with van der Waals surface area (Å²) in [5.41, 5.74) is 0.114. The molecule has 3 N–H and O–H groups in total. The van der Waals surface area contributed by atoms with Crippen LogP contribution in [0.25, 0.3) is 0 Å². The fourth-order valence-corrected chi connectivity index (χ4v) is 3.82. The second-order valence-corrected chi connectivity index (χ2v) is 9.95. The molecule has 154 valence electrons. The molecule has 0 aliphatic carbocycles. The lowest BCUT2D eigenvalue weighted by molar-refractivity contribution is -0.0823. The van der Waals surface area contributed by atoms with Crippen LogP contribution >= 0.6 is 0 Å². The van der Waals surface area contributed by atoms with Crippen molar-refractivity contribution in [2.75, 3.05) is 38.5 Å². The van der Waals surface area contributed by atoms with Crippen LogP contribution in [0.2, 0.25) is 0 Å². The standard InChI is InChI=1S/C18H38N4O3S/c1-6-19-17(20-11-9-12-22-26(23,24)7-2)21-14-15-10-8-13-25-16(15)18(3,4)5/h15-16,22H,6-14H2,1-5H3,(H2,19,20,21). The molecule has 0 amide bonds. The van der Waals surface area contributed by atoms with E-state index in [0.717, 1.165) is 38.5 Å². The Labute approximate surface area is 159 Å². The maximum absolute atomic E-state index is 11.4. The van der Waals surface area contributed by atoms with Gasteiger partial charge in [-0.05, 0) is 38.5 Å². The van der Waals surface area contributed by atoms with Gasteiger partial charge in [0.1, 0.15) is 0 Å². The van der Waals surface area contributed by atoms with Crippen LogP contribution in [0.3, 0.4) is 0 Å². The van der Waals surface area contributed by atoms with Gasteiger partial charge in [-0.25, -0.2) is 13.1 Å². The second-order valence-electron chi connectivity index (χ2n) is 7.86. The Morgan fingerprint density at radius 1 is 1.19 bits per heavy atom. The molecule has 8 heteroatoms. The minimum absolute atomic E-state index is 0.114. The van der Waals surface area contributed by atoms with Crippen LogP contribution in [0, 0.1) is 11.3 Å². The molecule has 0 aromatic carbocycles. The first kappa shape index (κ1) is 23.2. The molecule has 0 aromatic rings. The molecule has 26 heavy (non-hydrogen) atoms. The minimum Gasteiger partial charge on any atom is -0.377 e. The second kappa shape index (κ2) is 11.1. The molecular weight excluding hydrogens is 352 g/mol. The zero-order chi connectivity index (χ0) is 19.6. The number of ether oxygens (including phenoxy) is 1. The Hall–Kier alpha value is -0.860. The van der Waals surface area contributed by atoms with Gasteiger partial charge in [-0.15, -0.1) is 0 Å². The molecule has 2 unspecified atom stereocenters. The normalized spacial score (nSPS) is 22.3. The first-order chi connectivity index (χ1) is 12.2. The monoisotopic (exact) mass is 390 g/mol. The summed E-state index contributed by atoms with van der Waals surface area (Å²) in [5, 5.41) is 6.53. The molecule has 0 bridgehead atoms. The average Bonchev–Trinajstić information content (AvgIpc) is 2.58. The molecule has 1 fully saturated rings. The molecular formula is C18H38N4O3S. The zero-order valence-corrected chi connectivity index (χ0v) is 17.9. The van der Waals surface area contributed by atoms with Gasteiger partial charge >= 0.3 is 0 Å². The lowest BCUT2D eigenvalue weighted by atomic mass is 9.78. The molecule has 0 radical (unpaired) electrons. The number of rotatable bonds is 9. The summed E-state index contributed by atoms with van der Waals surface area (Å²) in [5.74, 6) is 1.32. The number of aliphatic imine (C=N–C) groups is 1. The molecule has 1 aliphatic heterocycles. The average molecular weight is 391 g/mol. The van der Waals surface area contributed by atoms with E-state index in [9.17, 15) is 8.42 Å². The van der Waals surface area contributed by atoms with Gasteiger partial charge in [0.05, 0.1) is 11.9 Å². The molecule has 2 atom stereocenters. The Kier molecular flexibility index (Phi) is 9.89. The van der Waals surface area contributed by atoms with Crippen molar-refractivity contribution in [2.45, 2.75) is 60.0 Å². The molecule has 0 spiro atoms. The summed E-state index contributed by atoms with van der Waals surface area (Å²) < 4.78 is 31.4. The van der Waals surface area contributed by atoms with Gasteiger partial charge in [0.25, 0.3) is 0 Å². The number of nitrogens with zero attached hydrogens (tertiary/aromatic N) is 1. The fraction of sp³-hybridized carbons (Fsp3) is 0.944. The van der Waals surface area contributed by atoms with Gasteiger partial charge < -0.3 is 15.4 Å². The topological polar surface area (TPSA) is 91.8 Å². The van der Waals surface area contributed by atoms with Crippen LogP contribution in [0.4, 0.5) is 0 Å². The summed E-state index contributed by atoms with van der Waals surface area (Å²) >= 11 is 0. The van der Waals surface area contributed by atoms with E-state index < -0.39 is 10.0 Å². The third-order valence-electron chi connectivity index (χ3n) is 4.47. The van der Waals surface area contributed by atoms with E-state index in [2.05, 4.69) is 36.1 Å². The fourth-order valence-electron chi connectivity index (χ4n) is 3.16. The largest absolute Gasteiger partial charge is 0.377 e. The highest BCUT2D eigenvalue weighted by Gasteiger charge is 2.35. The van der Waals surface area contributed by atoms with Crippen LogP contribution in [0.15, 0.2) is 4.99 Å². The van der Waals surface area contributed by atoms with E-state index in [-0.39, 0.29) is 17.3 Å². The molecule has 1 heterocycles. The van der Waals surface area contributed by atoms with E-state index in [4.69, 9.17) is 9.73 Å². The Balaban J connectivity index is 2.49. The van der Waals surface area contributed by atoms with Gasteiger partial charge in [-0.2, -0.15) is 0 Å². The third-order valence-corrected chi connectivity index (χ3v) is 5.88. The molecule has 7 nitrogen and oxygen atoms in total. The highest BCUT2D eigenvalue weighted by atomic mass is 32.2. The highest BCUT2D eigenvalue weighted by molar-refractivity contribution is 7.89. The van der Waals surface area contributed by atoms with E-state index in [1.54, 1.807) is 6.92 Å². The smallest absolute Gasteiger partial charge is 0.211 e. The minimum atomic E-state index is -3.11. The van der Waals surface area contributed by atoms with Crippen molar-refractivity contribution in [3.8, 4) is 0 Å². The van der Waals surface area contributed by atoms with Crippen molar-refractivity contribution in [2.24, 2.45) is 16.3 Å². The van der Waals surface area contributed by atoms with Crippen molar-refractivity contribution >= 4 is 16.0 Å². The number of hydrogen-bond donors (Lipinski definition) is 3. The first-order valence-electron chi connectivity index (χ1n) is 9.80. The van der Waals surface area contributed by atoms with Crippen molar-refractivity contribution in [3.63, 3.8) is 0 Å². The van der Waals surface area contributed by atoms with E-state index in [0.29, 0.717) is 25.4 Å². The van der Waals surface area contributed by atoms with E-state index >= 15 is 0 Å². The SMILES string of the molecule is CCNC(=NCC1CCCOC1C(C)(C)C)NCCCNS(=O)(=O)CC. The van der Waals surface area contributed by atoms with Gasteiger partial charge in [0.2, 0.25) is 10.0 Å². The molecule has 0 aromatic heterocycles. The maximum atomic E-state index is 11.4. The Morgan fingerprint density at radius 3 is 2.54 bits per heavy atom. The highest BCUT2D eigenvalue weighted by Crippen LogP contribution is 2.34. The van der Waals surface area contributed by atoms with Crippen molar-refractivity contribution < 1.29 is 13.2 Å². The molecule has 1 aliphatic rings. The number of hydrogen-bond acceptors (Lipinski definition) is 4. The van der Waals surface area contributed by atoms with Gasteiger partial charge in [0, 0.05) is 38.7 Å². The third kappa shape index (κ3) is 8.68. The molecule has 1 rings (SSSR count). The number of sulfonamides is 1. The zero-order valence-electron chi connectivity index (χ0n) is 17.1. The summed E-state index contributed by atoms with van der Waals surface area (Å²) in [6.07, 6.45) is 3.17. The summed E-state index contributed by atoms with van der Waals surface area (Å²) in [6.45, 7) is 13.8. The number of guanidine groups is 1. The molecule has 1 saturated heterocycles. The Bertz CT molecular complexity index is 529.